The fraction of sp³-hybridized carbons (Fsp3) is 0.412. The lowest BCUT2D eigenvalue weighted by Gasteiger charge is -2.20. The van der Waals surface area contributed by atoms with Gasteiger partial charge in [0.1, 0.15) is 11.6 Å². The first-order valence-electron chi connectivity index (χ1n) is 8.13. The maximum absolute atomic E-state index is 13.7. The fourth-order valence-corrected chi connectivity index (χ4v) is 3.40. The molecule has 3 rings (SSSR count). The summed E-state index contributed by atoms with van der Waals surface area (Å²) in [5.74, 6) is 0.240. The Morgan fingerprint density at radius 1 is 1.40 bits per heavy atom. The van der Waals surface area contributed by atoms with Gasteiger partial charge in [-0.15, -0.1) is 0 Å². The van der Waals surface area contributed by atoms with Gasteiger partial charge in [-0.1, -0.05) is 0 Å². The minimum atomic E-state index is -0.330. The van der Waals surface area contributed by atoms with E-state index in [9.17, 15) is 9.65 Å². The van der Waals surface area contributed by atoms with Crippen molar-refractivity contribution < 1.29 is 4.39 Å². The number of pyridine rings is 1. The van der Waals surface area contributed by atoms with E-state index in [0.717, 1.165) is 30.6 Å². The number of nitrogens with zero attached hydrogens (tertiary/aromatic N) is 3. The number of hydrogen-bond acceptors (Lipinski definition) is 6. The largest absolute Gasteiger partial charge is 0.360 e. The molecule has 0 bridgehead atoms. The number of rotatable bonds is 5. The van der Waals surface area contributed by atoms with Gasteiger partial charge >= 0.3 is 0 Å². The molecule has 3 atom stereocenters. The highest BCUT2D eigenvalue weighted by Crippen LogP contribution is 2.24. The van der Waals surface area contributed by atoms with E-state index in [-0.39, 0.29) is 23.9 Å². The lowest BCUT2D eigenvalue weighted by atomic mass is 9.97. The smallest absolute Gasteiger partial charge is 0.139 e. The van der Waals surface area contributed by atoms with Crippen LogP contribution in [0.2, 0.25) is 0 Å². The van der Waals surface area contributed by atoms with Gasteiger partial charge in [-0.2, -0.15) is 5.26 Å². The first kappa shape index (κ1) is 18.0. The number of hydrogen-bond donors (Lipinski definition) is 3. The number of nitrogens with two attached hydrogens (primary N) is 1. The van der Waals surface area contributed by atoms with Gasteiger partial charge in [-0.25, -0.2) is 14.8 Å². The molecular formula is C17H20BrFN6. The van der Waals surface area contributed by atoms with Gasteiger partial charge < -0.3 is 10.6 Å². The van der Waals surface area contributed by atoms with Gasteiger partial charge in [0.25, 0.3) is 0 Å². The van der Waals surface area contributed by atoms with E-state index in [4.69, 9.17) is 5.73 Å². The van der Waals surface area contributed by atoms with Crippen LogP contribution in [0.1, 0.15) is 12.8 Å². The molecule has 25 heavy (non-hydrogen) atoms. The Morgan fingerprint density at radius 2 is 2.20 bits per heavy atom. The van der Waals surface area contributed by atoms with Crippen LogP contribution in [0.5, 0.6) is 0 Å². The lowest BCUT2D eigenvalue weighted by molar-refractivity contribution is 0.463. The zero-order valence-electron chi connectivity index (χ0n) is 13.8. The summed E-state index contributed by atoms with van der Waals surface area (Å²) in [6, 6.07) is 9.32. The quantitative estimate of drug-likeness (QED) is 0.705. The summed E-state index contributed by atoms with van der Waals surface area (Å²) >= 11 is 3.19. The monoisotopic (exact) mass is 406 g/mol. The Labute approximate surface area is 154 Å². The van der Waals surface area contributed by atoms with Crippen molar-refractivity contribution in [3.63, 3.8) is 0 Å². The second kappa shape index (κ2) is 7.62. The van der Waals surface area contributed by atoms with Crippen molar-refractivity contribution in [1.82, 2.24) is 15.8 Å². The van der Waals surface area contributed by atoms with Gasteiger partial charge in [-0.3, -0.25) is 5.43 Å². The number of nitriles is 1. The van der Waals surface area contributed by atoms with Gasteiger partial charge in [0.2, 0.25) is 0 Å². The number of halogens is 2. The van der Waals surface area contributed by atoms with E-state index >= 15 is 0 Å². The zero-order chi connectivity index (χ0) is 18.0. The first-order chi connectivity index (χ1) is 12.0. The van der Waals surface area contributed by atoms with Crippen molar-refractivity contribution in [3.05, 3.63) is 34.6 Å². The van der Waals surface area contributed by atoms with E-state index in [0.29, 0.717) is 9.99 Å². The lowest BCUT2D eigenvalue weighted by Crippen LogP contribution is -2.38. The van der Waals surface area contributed by atoms with Crippen LogP contribution < -0.4 is 21.5 Å². The summed E-state index contributed by atoms with van der Waals surface area (Å²) in [6.07, 6.45) is 1.39. The van der Waals surface area contributed by atoms with E-state index < -0.39 is 0 Å². The van der Waals surface area contributed by atoms with Crippen LogP contribution >= 0.6 is 15.9 Å². The van der Waals surface area contributed by atoms with Crippen LogP contribution in [-0.4, -0.2) is 30.8 Å². The zero-order valence-corrected chi connectivity index (χ0v) is 15.4. The van der Waals surface area contributed by atoms with Crippen LogP contribution in [0.15, 0.2) is 28.7 Å². The Bertz CT molecular complexity index is 808. The maximum atomic E-state index is 13.7. The summed E-state index contributed by atoms with van der Waals surface area (Å²) in [4.78, 5) is 6.57. The summed E-state index contributed by atoms with van der Waals surface area (Å²) in [6.45, 7) is 0.781. The molecule has 6 nitrogen and oxygen atoms in total. The van der Waals surface area contributed by atoms with Gasteiger partial charge in [0.15, 0.2) is 0 Å². The molecule has 1 aliphatic heterocycles. The van der Waals surface area contributed by atoms with Crippen molar-refractivity contribution in [2.75, 3.05) is 18.5 Å². The number of fused-ring (bicyclic) bond motifs is 1. The molecule has 0 aliphatic carbocycles. The highest BCUT2D eigenvalue weighted by Gasteiger charge is 2.32. The van der Waals surface area contributed by atoms with Gasteiger partial charge in [0, 0.05) is 31.1 Å². The third-order valence-electron chi connectivity index (χ3n) is 4.52. The van der Waals surface area contributed by atoms with Crippen LogP contribution in [0.4, 0.5) is 10.2 Å². The number of hydrazine groups is 1. The molecule has 1 aromatic heterocycles. The standard InChI is InChI=1S/C17H20BrFN6/c1-25(6-2-3-14-11(9-20)17(21)24-23-14)16-5-4-10-7-12(18)13(19)8-15(10)22-16/h4-5,7-8,11,14,17,23-24H,2-3,6,21H2,1H3. The Kier molecular flexibility index (Phi) is 5.49. The number of benzene rings is 1. The third-order valence-corrected chi connectivity index (χ3v) is 5.13. The molecule has 0 amide bonds. The van der Waals surface area contributed by atoms with Crippen molar-refractivity contribution >= 4 is 32.7 Å². The van der Waals surface area contributed by atoms with E-state index in [1.165, 1.54) is 6.07 Å². The average Bonchev–Trinajstić information content (AvgIpc) is 2.95. The van der Waals surface area contributed by atoms with E-state index in [2.05, 4.69) is 37.8 Å². The Hall–Kier alpha value is -1.79. The van der Waals surface area contributed by atoms with Crippen molar-refractivity contribution in [2.45, 2.75) is 25.0 Å². The minimum Gasteiger partial charge on any atom is -0.360 e. The molecule has 1 fully saturated rings. The van der Waals surface area contributed by atoms with Crippen LogP contribution in [0, 0.1) is 23.1 Å². The second-order valence-corrected chi connectivity index (χ2v) is 7.12. The molecule has 2 heterocycles. The molecule has 1 aliphatic rings. The van der Waals surface area contributed by atoms with Gasteiger partial charge in [0.05, 0.1) is 28.1 Å². The Balaban J connectivity index is 1.62. The summed E-state index contributed by atoms with van der Waals surface area (Å²) in [5, 5.41) is 10.1. The molecule has 132 valence electrons. The molecule has 0 saturated carbocycles. The molecule has 2 aromatic rings. The maximum Gasteiger partial charge on any atom is 0.139 e. The molecule has 0 radical (unpaired) electrons. The first-order valence-corrected chi connectivity index (χ1v) is 8.92. The topological polar surface area (TPSA) is 90.0 Å². The fourth-order valence-electron chi connectivity index (χ4n) is 3.04. The number of nitrogens with one attached hydrogen (secondary N) is 2. The van der Waals surface area contributed by atoms with E-state index in [1.54, 1.807) is 6.07 Å². The number of anilines is 1. The Morgan fingerprint density at radius 3 is 2.96 bits per heavy atom. The molecule has 4 N–H and O–H groups in total. The predicted molar refractivity (Wildman–Crippen MR) is 99.0 cm³/mol. The molecule has 3 unspecified atom stereocenters. The van der Waals surface area contributed by atoms with Crippen molar-refractivity contribution in [3.8, 4) is 6.07 Å². The SMILES string of the molecule is CN(CCCC1NNC(N)C1C#N)c1ccc2cc(Br)c(F)cc2n1. The average molecular weight is 407 g/mol. The van der Waals surface area contributed by atoms with Crippen molar-refractivity contribution in [2.24, 2.45) is 11.7 Å². The summed E-state index contributed by atoms with van der Waals surface area (Å²) < 4.78 is 14.1. The second-order valence-electron chi connectivity index (χ2n) is 6.27. The van der Waals surface area contributed by atoms with Gasteiger partial charge in [-0.05, 0) is 47.0 Å². The molecule has 1 aromatic carbocycles. The normalized spacial score (nSPS) is 22.9. The highest BCUT2D eigenvalue weighted by atomic mass is 79.9. The van der Waals surface area contributed by atoms with E-state index in [1.807, 2.05) is 24.1 Å². The van der Waals surface area contributed by atoms with Crippen LogP contribution in [0.3, 0.4) is 0 Å². The predicted octanol–water partition coefficient (Wildman–Crippen LogP) is 2.25. The highest BCUT2D eigenvalue weighted by molar-refractivity contribution is 9.10. The molecular weight excluding hydrogens is 387 g/mol. The molecule has 8 heteroatoms. The third kappa shape index (κ3) is 3.90. The number of aromatic nitrogens is 1. The van der Waals surface area contributed by atoms with Crippen LogP contribution in [-0.2, 0) is 0 Å². The summed E-state index contributed by atoms with van der Waals surface area (Å²) in [7, 11) is 1.96. The summed E-state index contributed by atoms with van der Waals surface area (Å²) in [5.41, 5.74) is 12.4. The molecule has 0 spiro atoms. The van der Waals surface area contributed by atoms with Crippen LogP contribution in [0.25, 0.3) is 10.9 Å². The van der Waals surface area contributed by atoms with Crippen molar-refractivity contribution in [1.29, 1.82) is 5.26 Å². The molecule has 1 saturated heterocycles. The minimum absolute atomic E-state index is 0.0457.